The maximum atomic E-state index is 11.7. The van der Waals surface area contributed by atoms with E-state index in [1.165, 1.54) is 14.2 Å². The molecule has 0 spiro atoms. The Kier molecular flexibility index (Phi) is 6.48. The van der Waals surface area contributed by atoms with Crippen molar-refractivity contribution in [1.29, 1.82) is 0 Å². The molecule has 1 aromatic carbocycles. The lowest BCUT2D eigenvalue weighted by Gasteiger charge is -2.12. The van der Waals surface area contributed by atoms with Crippen LogP contribution in [0.25, 0.3) is 0 Å². The maximum Gasteiger partial charge on any atom is 0.257 e. The van der Waals surface area contributed by atoms with E-state index in [-0.39, 0.29) is 25.0 Å². The van der Waals surface area contributed by atoms with Crippen LogP contribution in [0.5, 0.6) is 5.75 Å². The summed E-state index contributed by atoms with van der Waals surface area (Å²) in [6, 6.07) is 5.96. The van der Waals surface area contributed by atoms with E-state index in [0.717, 1.165) is 0 Å². The summed E-state index contributed by atoms with van der Waals surface area (Å²) >= 11 is 0. The molecule has 1 rings (SSSR count). The maximum absolute atomic E-state index is 11.7. The highest BCUT2D eigenvalue weighted by atomic mass is 16.5. The third kappa shape index (κ3) is 5.25. The van der Waals surface area contributed by atoms with Crippen molar-refractivity contribution in [3.8, 4) is 5.75 Å². The highest BCUT2D eigenvalue weighted by Gasteiger charge is 2.13. The highest BCUT2D eigenvalue weighted by Crippen LogP contribution is 2.17. The number of likely N-dealkylation sites (N-methyl/N-ethyl adjacent to an activating group) is 1. The molecule has 0 radical (unpaired) electrons. The zero-order chi connectivity index (χ0) is 15.0. The van der Waals surface area contributed by atoms with Crippen molar-refractivity contribution in [3.05, 3.63) is 24.3 Å². The predicted molar refractivity (Wildman–Crippen MR) is 74.5 cm³/mol. The summed E-state index contributed by atoms with van der Waals surface area (Å²) in [5.41, 5.74) is 6.15. The van der Waals surface area contributed by atoms with E-state index in [4.69, 9.17) is 15.2 Å². The van der Waals surface area contributed by atoms with Crippen molar-refractivity contribution >= 4 is 17.5 Å². The number of amides is 2. The molecule has 0 aromatic heterocycles. The lowest BCUT2D eigenvalue weighted by Crippen LogP contribution is -2.39. The number of rotatable bonds is 7. The Balaban J connectivity index is 2.59. The molecular weight excluding hydrogens is 262 g/mol. The predicted octanol–water partition coefficient (Wildman–Crippen LogP) is -0.276. The number of nitrogens with one attached hydrogen (secondary N) is 2. The fraction of sp³-hybridized carbons (Fsp3) is 0.385. The molecule has 7 heteroatoms. The average molecular weight is 281 g/mol. The van der Waals surface area contributed by atoms with Gasteiger partial charge in [0, 0.05) is 25.9 Å². The summed E-state index contributed by atoms with van der Waals surface area (Å²) in [6.45, 7) is 0.0514. The zero-order valence-corrected chi connectivity index (χ0v) is 11.5. The lowest BCUT2D eigenvalue weighted by atomic mass is 10.2. The van der Waals surface area contributed by atoms with E-state index in [9.17, 15) is 9.59 Å². The lowest BCUT2D eigenvalue weighted by molar-refractivity contribution is -0.122. The Bertz CT molecular complexity index is 465. The van der Waals surface area contributed by atoms with Crippen molar-refractivity contribution < 1.29 is 19.1 Å². The first kappa shape index (κ1) is 15.9. The third-order valence-electron chi connectivity index (χ3n) is 2.43. The minimum Gasteiger partial charge on any atom is -0.484 e. The average Bonchev–Trinajstić information content (AvgIpc) is 2.45. The molecule has 1 unspecified atom stereocenters. The van der Waals surface area contributed by atoms with Gasteiger partial charge in [-0.2, -0.15) is 0 Å². The number of methoxy groups -OCH3 is 1. The number of carbonyl (C=O) groups excluding carboxylic acids is 2. The Morgan fingerprint density at radius 3 is 2.80 bits per heavy atom. The molecule has 0 heterocycles. The quantitative estimate of drug-likeness (QED) is 0.638. The summed E-state index contributed by atoms with van der Waals surface area (Å²) in [5, 5.41) is 5.09. The fourth-order valence-electron chi connectivity index (χ4n) is 1.37. The summed E-state index contributed by atoms with van der Waals surface area (Å²) < 4.78 is 10.1. The topological polar surface area (TPSA) is 103 Å². The van der Waals surface area contributed by atoms with Gasteiger partial charge in [-0.05, 0) is 12.1 Å². The monoisotopic (exact) mass is 281 g/mol. The van der Waals surface area contributed by atoms with Gasteiger partial charge in [-0.25, -0.2) is 0 Å². The number of hydrogen-bond acceptors (Lipinski definition) is 5. The molecular formula is C13H19N3O4. The molecule has 0 aliphatic carbocycles. The summed E-state index contributed by atoms with van der Waals surface area (Å²) in [5.74, 6) is -0.108. The first-order valence-electron chi connectivity index (χ1n) is 6.05. The van der Waals surface area contributed by atoms with Gasteiger partial charge in [-0.1, -0.05) is 6.07 Å². The van der Waals surface area contributed by atoms with Crippen LogP contribution in [0.2, 0.25) is 0 Å². The number of anilines is 1. The van der Waals surface area contributed by atoms with Crippen LogP contribution in [-0.2, 0) is 14.3 Å². The van der Waals surface area contributed by atoms with Crippen molar-refractivity contribution in [2.45, 2.75) is 6.04 Å². The minimum absolute atomic E-state index is 0.0862. The van der Waals surface area contributed by atoms with Crippen LogP contribution < -0.4 is 21.1 Å². The van der Waals surface area contributed by atoms with Gasteiger partial charge in [0.1, 0.15) is 11.8 Å². The zero-order valence-electron chi connectivity index (χ0n) is 11.5. The van der Waals surface area contributed by atoms with E-state index in [1.54, 1.807) is 24.3 Å². The van der Waals surface area contributed by atoms with Crippen molar-refractivity contribution in [2.24, 2.45) is 5.73 Å². The fourth-order valence-corrected chi connectivity index (χ4v) is 1.37. The van der Waals surface area contributed by atoms with Crippen LogP contribution >= 0.6 is 0 Å². The number of hydrogen-bond donors (Lipinski definition) is 3. The summed E-state index contributed by atoms with van der Waals surface area (Å²) in [6.07, 6.45) is 0. The summed E-state index contributed by atoms with van der Waals surface area (Å²) in [4.78, 5) is 22.8. The Morgan fingerprint density at radius 1 is 1.40 bits per heavy atom. The van der Waals surface area contributed by atoms with Gasteiger partial charge < -0.3 is 25.8 Å². The van der Waals surface area contributed by atoms with Gasteiger partial charge in [0.15, 0.2) is 6.61 Å². The van der Waals surface area contributed by atoms with E-state index >= 15 is 0 Å². The molecule has 2 amide bonds. The Morgan fingerprint density at radius 2 is 2.15 bits per heavy atom. The Hall–Kier alpha value is -2.12. The Labute approximate surface area is 117 Å². The molecule has 4 N–H and O–H groups in total. The molecule has 0 bridgehead atoms. The molecule has 0 fully saturated rings. The van der Waals surface area contributed by atoms with Crippen LogP contribution in [0.15, 0.2) is 24.3 Å². The standard InChI is InChI=1S/C13H19N3O4/c1-15-12(17)8-20-10-5-3-4-9(6-10)16-13(18)11(14)7-19-2/h3-6,11H,7-8,14H2,1-2H3,(H,15,17)(H,16,18). The number of ether oxygens (including phenoxy) is 2. The third-order valence-corrected chi connectivity index (χ3v) is 2.43. The van der Waals surface area contributed by atoms with Crippen LogP contribution in [0.1, 0.15) is 0 Å². The van der Waals surface area contributed by atoms with Gasteiger partial charge in [0.05, 0.1) is 6.61 Å². The molecule has 0 saturated carbocycles. The SMILES string of the molecule is CNC(=O)COc1cccc(NC(=O)C(N)COC)c1. The first-order valence-corrected chi connectivity index (χ1v) is 6.05. The number of benzene rings is 1. The molecule has 0 aliphatic rings. The molecule has 20 heavy (non-hydrogen) atoms. The number of nitrogens with two attached hydrogens (primary N) is 1. The first-order chi connectivity index (χ1) is 9.56. The molecule has 7 nitrogen and oxygen atoms in total. The second-order valence-corrected chi connectivity index (χ2v) is 4.04. The van der Waals surface area contributed by atoms with E-state index in [0.29, 0.717) is 11.4 Å². The normalized spacial score (nSPS) is 11.6. The van der Waals surface area contributed by atoms with Crippen molar-refractivity contribution in [1.82, 2.24) is 5.32 Å². The molecule has 0 saturated heterocycles. The highest BCUT2D eigenvalue weighted by molar-refractivity contribution is 5.94. The second kappa shape index (κ2) is 8.13. The van der Waals surface area contributed by atoms with Gasteiger partial charge >= 0.3 is 0 Å². The van der Waals surface area contributed by atoms with Crippen LogP contribution in [-0.4, -0.2) is 45.2 Å². The van der Waals surface area contributed by atoms with E-state index < -0.39 is 6.04 Å². The van der Waals surface area contributed by atoms with Crippen LogP contribution in [0, 0.1) is 0 Å². The molecule has 0 aliphatic heterocycles. The van der Waals surface area contributed by atoms with Crippen molar-refractivity contribution in [3.63, 3.8) is 0 Å². The van der Waals surface area contributed by atoms with Crippen LogP contribution in [0.3, 0.4) is 0 Å². The van der Waals surface area contributed by atoms with E-state index in [1.807, 2.05) is 0 Å². The van der Waals surface area contributed by atoms with Crippen LogP contribution in [0.4, 0.5) is 5.69 Å². The van der Waals surface area contributed by atoms with Gasteiger partial charge in [-0.15, -0.1) is 0 Å². The van der Waals surface area contributed by atoms with E-state index in [2.05, 4.69) is 10.6 Å². The van der Waals surface area contributed by atoms with Gasteiger partial charge in [0.2, 0.25) is 5.91 Å². The molecule has 1 atom stereocenters. The number of carbonyl (C=O) groups is 2. The molecule has 110 valence electrons. The largest absolute Gasteiger partial charge is 0.484 e. The van der Waals surface area contributed by atoms with Gasteiger partial charge in [-0.3, -0.25) is 9.59 Å². The smallest absolute Gasteiger partial charge is 0.257 e. The van der Waals surface area contributed by atoms with Gasteiger partial charge in [0.25, 0.3) is 5.91 Å². The summed E-state index contributed by atoms with van der Waals surface area (Å²) in [7, 11) is 3.00. The second-order valence-electron chi connectivity index (χ2n) is 4.04. The minimum atomic E-state index is -0.740. The van der Waals surface area contributed by atoms with Crippen molar-refractivity contribution in [2.75, 3.05) is 32.7 Å². The molecule has 1 aromatic rings.